The Balaban J connectivity index is 1.53. The van der Waals surface area contributed by atoms with Gasteiger partial charge in [-0.3, -0.25) is 4.79 Å². The molecule has 2 bridgehead atoms. The van der Waals surface area contributed by atoms with Crippen LogP contribution in [-0.2, 0) is 9.53 Å². The fourth-order valence-corrected chi connectivity index (χ4v) is 3.88. The third kappa shape index (κ3) is 3.74. The number of anilines is 1. The van der Waals surface area contributed by atoms with Gasteiger partial charge in [0.05, 0.1) is 12.2 Å². The Morgan fingerprint density at radius 3 is 2.57 bits per heavy atom. The third-order valence-electron chi connectivity index (χ3n) is 5.19. The fourth-order valence-electron chi connectivity index (χ4n) is 3.88. The number of unbranched alkanes of at least 4 members (excludes halogenated alkanes) is 1. The molecule has 3 atom stereocenters. The van der Waals surface area contributed by atoms with E-state index in [1.165, 1.54) is 19.3 Å². The number of carbonyl (C=O) groups excluding carboxylic acids is 2. The van der Waals surface area contributed by atoms with E-state index in [0.717, 1.165) is 30.9 Å². The number of carbonyl (C=O) groups is 2. The number of hydrogen-bond acceptors (Lipinski definition) is 3. The van der Waals surface area contributed by atoms with Gasteiger partial charge in [-0.25, -0.2) is 4.79 Å². The van der Waals surface area contributed by atoms with Crippen molar-refractivity contribution in [2.75, 3.05) is 11.9 Å². The van der Waals surface area contributed by atoms with Gasteiger partial charge in [0.1, 0.15) is 0 Å². The van der Waals surface area contributed by atoms with E-state index in [1.807, 2.05) is 0 Å². The normalized spacial score (nSPS) is 25.3. The SMILES string of the molecule is CCCCOC(=O)c1ccc(NC(=O)C2CC3CCC2C3)cc1. The molecule has 4 nitrogen and oxygen atoms in total. The molecular weight excluding hydrogens is 290 g/mol. The standard InChI is InChI=1S/C19H25NO3/c1-2-3-10-23-19(22)14-6-8-16(9-7-14)20-18(21)17-12-13-4-5-15(17)11-13/h6-9,13,15,17H,2-5,10-12H2,1H3,(H,20,21). The number of amides is 1. The lowest BCUT2D eigenvalue weighted by atomic mass is 9.88. The summed E-state index contributed by atoms with van der Waals surface area (Å²) < 4.78 is 5.18. The molecule has 4 heteroatoms. The van der Waals surface area contributed by atoms with Crippen molar-refractivity contribution in [2.24, 2.45) is 17.8 Å². The highest BCUT2D eigenvalue weighted by atomic mass is 16.5. The van der Waals surface area contributed by atoms with Gasteiger partial charge in [0.2, 0.25) is 5.91 Å². The minimum atomic E-state index is -0.301. The quantitative estimate of drug-likeness (QED) is 0.637. The average molecular weight is 315 g/mol. The Kier molecular flexibility index (Phi) is 4.99. The Labute approximate surface area is 137 Å². The second kappa shape index (κ2) is 7.16. The molecule has 0 spiro atoms. The van der Waals surface area contributed by atoms with Crippen molar-refractivity contribution in [1.82, 2.24) is 0 Å². The van der Waals surface area contributed by atoms with Gasteiger partial charge in [0, 0.05) is 11.6 Å². The minimum Gasteiger partial charge on any atom is -0.462 e. The molecule has 124 valence electrons. The number of fused-ring (bicyclic) bond motifs is 2. The summed E-state index contributed by atoms with van der Waals surface area (Å²) in [6.45, 7) is 2.51. The first-order valence-corrected chi connectivity index (χ1v) is 8.75. The molecule has 0 saturated heterocycles. The average Bonchev–Trinajstić information content (AvgIpc) is 3.19. The maximum absolute atomic E-state index is 12.4. The Hall–Kier alpha value is -1.84. The molecule has 2 saturated carbocycles. The molecule has 0 aliphatic heterocycles. The summed E-state index contributed by atoms with van der Waals surface area (Å²) in [5, 5.41) is 3.00. The zero-order valence-electron chi connectivity index (χ0n) is 13.7. The monoisotopic (exact) mass is 315 g/mol. The first-order valence-electron chi connectivity index (χ1n) is 8.75. The van der Waals surface area contributed by atoms with Gasteiger partial charge >= 0.3 is 5.97 Å². The van der Waals surface area contributed by atoms with Gasteiger partial charge in [-0.1, -0.05) is 19.8 Å². The number of rotatable bonds is 6. The first-order chi connectivity index (χ1) is 11.2. The molecule has 2 fully saturated rings. The lowest BCUT2D eigenvalue weighted by Crippen LogP contribution is -2.27. The Bertz CT molecular complexity index is 566. The molecular formula is C19H25NO3. The second-order valence-electron chi connectivity index (χ2n) is 6.84. The molecule has 0 radical (unpaired) electrons. The maximum Gasteiger partial charge on any atom is 0.338 e. The number of hydrogen-bond donors (Lipinski definition) is 1. The Morgan fingerprint density at radius 1 is 1.17 bits per heavy atom. The number of nitrogens with one attached hydrogen (secondary N) is 1. The lowest BCUT2D eigenvalue weighted by Gasteiger charge is -2.20. The van der Waals surface area contributed by atoms with Gasteiger partial charge in [-0.2, -0.15) is 0 Å². The molecule has 1 N–H and O–H groups in total. The second-order valence-corrected chi connectivity index (χ2v) is 6.84. The van der Waals surface area contributed by atoms with Crippen LogP contribution in [0.1, 0.15) is 55.8 Å². The molecule has 23 heavy (non-hydrogen) atoms. The molecule has 2 aliphatic rings. The van der Waals surface area contributed by atoms with Crippen LogP contribution in [0.3, 0.4) is 0 Å². The van der Waals surface area contributed by atoms with Crippen molar-refractivity contribution in [3.8, 4) is 0 Å². The van der Waals surface area contributed by atoms with Gasteiger partial charge in [-0.05, 0) is 61.8 Å². The van der Waals surface area contributed by atoms with E-state index in [4.69, 9.17) is 4.74 Å². The molecule has 2 aliphatic carbocycles. The van der Waals surface area contributed by atoms with Crippen LogP contribution < -0.4 is 5.32 Å². The molecule has 1 amide bonds. The highest BCUT2D eigenvalue weighted by Gasteiger charge is 2.42. The van der Waals surface area contributed by atoms with Crippen molar-refractivity contribution < 1.29 is 14.3 Å². The number of esters is 1. The van der Waals surface area contributed by atoms with Gasteiger partial charge in [0.25, 0.3) is 0 Å². The van der Waals surface area contributed by atoms with E-state index in [2.05, 4.69) is 12.2 Å². The van der Waals surface area contributed by atoms with Crippen LogP contribution >= 0.6 is 0 Å². The lowest BCUT2D eigenvalue weighted by molar-refractivity contribution is -0.121. The predicted molar refractivity (Wildman–Crippen MR) is 89.2 cm³/mol. The molecule has 0 heterocycles. The van der Waals surface area contributed by atoms with Gasteiger partial charge in [-0.15, -0.1) is 0 Å². The first kappa shape index (κ1) is 16.0. The third-order valence-corrected chi connectivity index (χ3v) is 5.19. The van der Waals surface area contributed by atoms with Crippen LogP contribution in [0.2, 0.25) is 0 Å². The van der Waals surface area contributed by atoms with Crippen molar-refractivity contribution in [3.05, 3.63) is 29.8 Å². The van der Waals surface area contributed by atoms with Crippen molar-refractivity contribution in [2.45, 2.75) is 45.4 Å². The van der Waals surface area contributed by atoms with Gasteiger partial charge < -0.3 is 10.1 Å². The topological polar surface area (TPSA) is 55.4 Å². The van der Waals surface area contributed by atoms with E-state index in [0.29, 0.717) is 18.1 Å². The van der Waals surface area contributed by atoms with Crippen molar-refractivity contribution in [1.29, 1.82) is 0 Å². The van der Waals surface area contributed by atoms with E-state index >= 15 is 0 Å². The summed E-state index contributed by atoms with van der Waals surface area (Å²) in [4.78, 5) is 24.2. The predicted octanol–water partition coefficient (Wildman–Crippen LogP) is 4.02. The summed E-state index contributed by atoms with van der Waals surface area (Å²) in [6, 6.07) is 6.98. The smallest absolute Gasteiger partial charge is 0.338 e. The van der Waals surface area contributed by atoms with Crippen molar-refractivity contribution in [3.63, 3.8) is 0 Å². The van der Waals surface area contributed by atoms with Crippen LogP contribution in [0.5, 0.6) is 0 Å². The molecule has 3 unspecified atom stereocenters. The molecule has 1 aromatic rings. The van der Waals surface area contributed by atoms with E-state index in [9.17, 15) is 9.59 Å². The molecule has 0 aromatic heterocycles. The summed E-state index contributed by atoms with van der Waals surface area (Å²) >= 11 is 0. The summed E-state index contributed by atoms with van der Waals surface area (Å²) in [7, 11) is 0. The van der Waals surface area contributed by atoms with E-state index in [-0.39, 0.29) is 17.8 Å². The molecule has 3 rings (SSSR count). The number of benzene rings is 1. The zero-order valence-corrected chi connectivity index (χ0v) is 13.7. The van der Waals surface area contributed by atoms with Crippen LogP contribution in [-0.4, -0.2) is 18.5 Å². The fraction of sp³-hybridized carbons (Fsp3) is 0.579. The van der Waals surface area contributed by atoms with Gasteiger partial charge in [0.15, 0.2) is 0 Å². The van der Waals surface area contributed by atoms with Crippen molar-refractivity contribution >= 4 is 17.6 Å². The number of ether oxygens (including phenoxy) is 1. The highest BCUT2D eigenvalue weighted by molar-refractivity contribution is 5.94. The zero-order chi connectivity index (χ0) is 16.2. The molecule has 1 aromatic carbocycles. The van der Waals surface area contributed by atoms with E-state index in [1.54, 1.807) is 24.3 Å². The largest absolute Gasteiger partial charge is 0.462 e. The summed E-state index contributed by atoms with van der Waals surface area (Å²) in [5.74, 6) is 1.34. The Morgan fingerprint density at radius 2 is 1.96 bits per heavy atom. The maximum atomic E-state index is 12.4. The minimum absolute atomic E-state index is 0.135. The van der Waals surface area contributed by atoms with E-state index < -0.39 is 0 Å². The van der Waals surface area contributed by atoms with Crippen LogP contribution in [0, 0.1) is 17.8 Å². The van der Waals surface area contributed by atoms with Crippen LogP contribution in [0.15, 0.2) is 24.3 Å². The van der Waals surface area contributed by atoms with Crippen LogP contribution in [0.4, 0.5) is 5.69 Å². The summed E-state index contributed by atoms with van der Waals surface area (Å²) in [6.07, 6.45) is 6.64. The van der Waals surface area contributed by atoms with Crippen LogP contribution in [0.25, 0.3) is 0 Å². The highest BCUT2D eigenvalue weighted by Crippen LogP contribution is 2.48. The summed E-state index contributed by atoms with van der Waals surface area (Å²) in [5.41, 5.74) is 1.28.